The maximum atomic E-state index is 12.9. The average molecular weight is 488 g/mol. The summed E-state index contributed by atoms with van der Waals surface area (Å²) in [6.45, 7) is 0.303. The van der Waals surface area contributed by atoms with Crippen LogP contribution in [0.5, 0.6) is 11.5 Å². The number of carbonyl (C=O) groups is 3. The summed E-state index contributed by atoms with van der Waals surface area (Å²) in [6, 6.07) is 6.51. The van der Waals surface area contributed by atoms with Gasteiger partial charge >= 0.3 is 0 Å². The van der Waals surface area contributed by atoms with E-state index >= 15 is 0 Å². The Balaban J connectivity index is 0.00000306. The van der Waals surface area contributed by atoms with Crippen LogP contribution >= 0.6 is 0 Å². The number of nitrogens with two attached hydrogens (primary N) is 3. The quantitative estimate of drug-likeness (QED) is 0.329. The van der Waals surface area contributed by atoms with Crippen molar-refractivity contribution in [1.82, 2.24) is 10.6 Å². The van der Waals surface area contributed by atoms with Crippen LogP contribution in [-0.2, 0) is 27.2 Å². The molecule has 10 heteroatoms. The Morgan fingerprint density at radius 2 is 1.69 bits per heavy atom. The maximum Gasteiger partial charge on any atom is 0.243 e. The summed E-state index contributed by atoms with van der Waals surface area (Å²) >= 11 is 0. The van der Waals surface area contributed by atoms with Crippen molar-refractivity contribution in [3.63, 3.8) is 0 Å². The van der Waals surface area contributed by atoms with Crippen molar-refractivity contribution in [3.8, 4) is 22.6 Å². The molecule has 0 saturated carbocycles. The Kier molecular flexibility index (Phi) is 10.7. The van der Waals surface area contributed by atoms with Gasteiger partial charge in [-0.1, -0.05) is 27.0 Å². The fraction of sp³-hybridized carbons (Fsp3) is 0.400. The van der Waals surface area contributed by atoms with Crippen LogP contribution in [0.1, 0.15) is 38.8 Å². The molecule has 1 aliphatic heterocycles. The molecule has 10 nitrogen and oxygen atoms in total. The molecule has 3 amide bonds. The van der Waals surface area contributed by atoms with Crippen LogP contribution in [0.15, 0.2) is 36.4 Å². The lowest BCUT2D eigenvalue weighted by molar-refractivity contribution is -0.131. The third-order valence-corrected chi connectivity index (χ3v) is 5.60. The van der Waals surface area contributed by atoms with Crippen LogP contribution in [0.4, 0.5) is 0 Å². The van der Waals surface area contributed by atoms with E-state index < -0.39 is 35.8 Å². The number of amides is 3. The second-order valence-corrected chi connectivity index (χ2v) is 8.20. The third kappa shape index (κ3) is 7.43. The van der Waals surface area contributed by atoms with E-state index in [2.05, 4.69) is 10.6 Å². The van der Waals surface area contributed by atoms with E-state index in [1.807, 2.05) is 0 Å². The number of primary amides is 1. The standard InChI is InChI=1S/C23H29N5O5.2CH4/c24-5-1-2-18-23(33)28-19(21(26)31)8-12-6-14(10-16(29)7-12)13-3-4-20(30)15(9-13)11-17(25)22(32)27-18;;/h3-4,6-7,9-10,17-19,29-30H,1-2,5,8,11,24-25H2,(H2,26,31)(H,27,32)(H,28,33);2*1H4/t17-,18-,19-;;/m0../s1. The van der Waals surface area contributed by atoms with Crippen LogP contribution in [0.25, 0.3) is 11.1 Å². The van der Waals surface area contributed by atoms with Crippen molar-refractivity contribution in [2.45, 2.75) is 58.7 Å². The second-order valence-electron chi connectivity index (χ2n) is 8.20. The van der Waals surface area contributed by atoms with E-state index in [-0.39, 0.29) is 45.6 Å². The molecule has 10 N–H and O–H groups in total. The van der Waals surface area contributed by atoms with Gasteiger partial charge in [0.05, 0.1) is 6.04 Å². The first kappa shape index (κ1) is 29.4. The summed E-state index contributed by atoms with van der Waals surface area (Å²) < 4.78 is 0. The monoisotopic (exact) mass is 487 g/mol. The van der Waals surface area contributed by atoms with Gasteiger partial charge in [0.1, 0.15) is 23.6 Å². The number of fused-ring (bicyclic) bond motifs is 5. The number of rotatable bonds is 4. The number of hydrogen-bond acceptors (Lipinski definition) is 7. The number of phenols is 2. The summed E-state index contributed by atoms with van der Waals surface area (Å²) in [6.07, 6.45) is 0.744. The SMILES string of the molecule is C.C.NCCC[C@@H]1NC(=O)[C@@H](N)Cc2cc(ccc2O)-c2cc(O)cc(c2)C[C@@H](C(N)=O)NC1=O. The summed E-state index contributed by atoms with van der Waals surface area (Å²) in [5.74, 6) is -2.00. The molecule has 2 aromatic rings. The molecule has 1 aliphatic rings. The molecule has 35 heavy (non-hydrogen) atoms. The average Bonchev–Trinajstić information content (AvgIpc) is 2.76. The minimum absolute atomic E-state index is 0. The zero-order chi connectivity index (χ0) is 24.1. The van der Waals surface area contributed by atoms with E-state index in [1.165, 1.54) is 18.2 Å². The lowest BCUT2D eigenvalue weighted by Gasteiger charge is -2.23. The molecule has 3 rings (SSSR count). The van der Waals surface area contributed by atoms with Gasteiger partial charge in [-0.2, -0.15) is 0 Å². The molecule has 0 spiro atoms. The molecule has 0 saturated heterocycles. The zero-order valence-corrected chi connectivity index (χ0v) is 18.1. The molecule has 192 valence electrons. The van der Waals surface area contributed by atoms with Crippen molar-refractivity contribution in [2.75, 3.05) is 6.54 Å². The highest BCUT2D eigenvalue weighted by molar-refractivity contribution is 5.93. The smallest absolute Gasteiger partial charge is 0.243 e. The van der Waals surface area contributed by atoms with Gasteiger partial charge in [0, 0.05) is 12.8 Å². The van der Waals surface area contributed by atoms with Crippen LogP contribution in [0, 0.1) is 0 Å². The molecule has 0 aliphatic carbocycles. The van der Waals surface area contributed by atoms with Gasteiger partial charge < -0.3 is 38.0 Å². The molecule has 0 unspecified atom stereocenters. The minimum Gasteiger partial charge on any atom is -0.508 e. The van der Waals surface area contributed by atoms with E-state index in [0.717, 1.165) is 0 Å². The molecule has 0 fully saturated rings. The summed E-state index contributed by atoms with van der Waals surface area (Å²) in [5.41, 5.74) is 19.5. The first-order valence-corrected chi connectivity index (χ1v) is 10.7. The Morgan fingerprint density at radius 1 is 0.971 bits per heavy atom. The van der Waals surface area contributed by atoms with Gasteiger partial charge in [-0.05, 0) is 65.9 Å². The largest absolute Gasteiger partial charge is 0.508 e. The normalized spacial score (nSPS) is 20.1. The number of benzene rings is 2. The van der Waals surface area contributed by atoms with Gasteiger partial charge in [-0.15, -0.1) is 0 Å². The summed E-state index contributed by atoms with van der Waals surface area (Å²) in [5, 5.41) is 25.8. The van der Waals surface area contributed by atoms with E-state index in [0.29, 0.717) is 35.2 Å². The number of hydrogen-bond donors (Lipinski definition) is 7. The third-order valence-electron chi connectivity index (χ3n) is 5.60. The Bertz CT molecular complexity index is 1060. The maximum absolute atomic E-state index is 12.9. The van der Waals surface area contributed by atoms with Crippen LogP contribution in [-0.4, -0.2) is 52.6 Å². The highest BCUT2D eigenvalue weighted by atomic mass is 16.3. The van der Waals surface area contributed by atoms with Crippen molar-refractivity contribution >= 4 is 17.7 Å². The molecule has 2 aromatic carbocycles. The van der Waals surface area contributed by atoms with Crippen LogP contribution < -0.4 is 27.8 Å². The van der Waals surface area contributed by atoms with Gasteiger partial charge in [0.25, 0.3) is 0 Å². The highest BCUT2D eigenvalue weighted by Gasteiger charge is 2.28. The predicted octanol–water partition coefficient (Wildman–Crippen LogP) is 0.657. The van der Waals surface area contributed by atoms with Crippen molar-refractivity contribution in [2.24, 2.45) is 17.2 Å². The minimum atomic E-state index is -1.07. The molecular formula is C25H37N5O5. The molecule has 4 bridgehead atoms. The Labute approximate surface area is 205 Å². The summed E-state index contributed by atoms with van der Waals surface area (Å²) in [4.78, 5) is 37.7. The predicted molar refractivity (Wildman–Crippen MR) is 135 cm³/mol. The first-order chi connectivity index (χ1) is 15.7. The van der Waals surface area contributed by atoms with Crippen molar-refractivity contribution in [1.29, 1.82) is 0 Å². The Hall–Kier alpha value is -3.63. The topological polar surface area (TPSA) is 194 Å². The number of aromatic hydroxyl groups is 2. The van der Waals surface area contributed by atoms with Gasteiger partial charge in [-0.25, -0.2) is 0 Å². The molecule has 0 aromatic heterocycles. The number of phenolic OH excluding ortho intramolecular Hbond substituents is 2. The molecular weight excluding hydrogens is 450 g/mol. The van der Waals surface area contributed by atoms with Gasteiger partial charge in [-0.3, -0.25) is 14.4 Å². The summed E-state index contributed by atoms with van der Waals surface area (Å²) in [7, 11) is 0. The van der Waals surface area contributed by atoms with E-state index in [9.17, 15) is 24.6 Å². The van der Waals surface area contributed by atoms with Gasteiger partial charge in [0.15, 0.2) is 0 Å². The number of nitrogens with one attached hydrogen (secondary N) is 2. The van der Waals surface area contributed by atoms with Crippen molar-refractivity contribution in [3.05, 3.63) is 47.5 Å². The number of carbonyl (C=O) groups excluding carboxylic acids is 3. The lowest BCUT2D eigenvalue weighted by atomic mass is 9.95. The second kappa shape index (κ2) is 12.7. The fourth-order valence-electron chi connectivity index (χ4n) is 3.82. The molecule has 1 heterocycles. The molecule has 0 radical (unpaired) electrons. The van der Waals surface area contributed by atoms with Crippen LogP contribution in [0.2, 0.25) is 0 Å². The first-order valence-electron chi connectivity index (χ1n) is 10.7. The molecule has 3 atom stereocenters. The van der Waals surface area contributed by atoms with Crippen molar-refractivity contribution < 1.29 is 24.6 Å². The zero-order valence-electron chi connectivity index (χ0n) is 18.1. The lowest BCUT2D eigenvalue weighted by Crippen LogP contribution is -2.56. The van der Waals surface area contributed by atoms with Gasteiger partial charge in [0.2, 0.25) is 17.7 Å². The Morgan fingerprint density at radius 3 is 2.34 bits per heavy atom. The van der Waals surface area contributed by atoms with E-state index in [4.69, 9.17) is 17.2 Å². The highest BCUT2D eigenvalue weighted by Crippen LogP contribution is 2.30. The van der Waals surface area contributed by atoms with Crippen LogP contribution in [0.3, 0.4) is 0 Å². The van der Waals surface area contributed by atoms with E-state index in [1.54, 1.807) is 18.2 Å². The fourth-order valence-corrected chi connectivity index (χ4v) is 3.82.